The maximum Gasteiger partial charge on any atom is 0.296 e. The van der Waals surface area contributed by atoms with Crippen LogP contribution in [0.15, 0.2) is 29.2 Å². The van der Waals surface area contributed by atoms with Crippen LogP contribution in [0.25, 0.3) is 0 Å². The van der Waals surface area contributed by atoms with Gasteiger partial charge >= 0.3 is 0 Å². The zero-order chi connectivity index (χ0) is 20.0. The van der Waals surface area contributed by atoms with Gasteiger partial charge in [-0.05, 0) is 50.0 Å². The van der Waals surface area contributed by atoms with Gasteiger partial charge in [-0.2, -0.15) is 8.42 Å². The Hall–Kier alpha value is -0.733. The molecule has 0 N–H and O–H groups in total. The summed E-state index contributed by atoms with van der Waals surface area (Å²) in [6, 6.07) is 6.63. The van der Waals surface area contributed by atoms with E-state index in [-0.39, 0.29) is 22.6 Å². The molecule has 0 spiro atoms. The Morgan fingerprint density at radius 2 is 1.58 bits per heavy atom. The van der Waals surface area contributed by atoms with Crippen LogP contribution in [-0.2, 0) is 23.5 Å². The van der Waals surface area contributed by atoms with Crippen molar-refractivity contribution in [2.24, 2.45) is 0 Å². The van der Waals surface area contributed by atoms with Crippen LogP contribution in [0.1, 0.15) is 39.2 Å². The Kier molecular flexibility index (Phi) is 8.48. The molecule has 0 aliphatic rings. The molecule has 0 aliphatic heterocycles. The molecule has 0 aliphatic carbocycles. The highest BCUT2D eigenvalue weighted by molar-refractivity contribution is 7.86. The van der Waals surface area contributed by atoms with Crippen molar-refractivity contribution in [2.75, 3.05) is 20.3 Å². The van der Waals surface area contributed by atoms with Gasteiger partial charge < -0.3 is 9.16 Å². The van der Waals surface area contributed by atoms with E-state index < -0.39 is 18.4 Å². The highest BCUT2D eigenvalue weighted by Gasteiger charge is 2.37. The summed E-state index contributed by atoms with van der Waals surface area (Å²) in [7, 11) is -3.87. The fraction of sp³-hybridized carbons (Fsp3) is 0.684. The number of ether oxygens (including phenoxy) is 1. The minimum atomic E-state index is -3.72. The van der Waals surface area contributed by atoms with E-state index in [0.717, 1.165) is 12.0 Å². The second-order valence-corrected chi connectivity index (χ2v) is 14.6. The van der Waals surface area contributed by atoms with E-state index in [9.17, 15) is 8.42 Å². The first-order valence-electron chi connectivity index (χ1n) is 9.02. The first-order valence-corrected chi connectivity index (χ1v) is 13.3. The molecule has 0 fully saturated rings. The fourth-order valence-corrected chi connectivity index (χ4v) is 4.09. The first kappa shape index (κ1) is 23.3. The zero-order valence-corrected chi connectivity index (χ0v) is 19.0. The highest BCUT2D eigenvalue weighted by atomic mass is 32.2. The van der Waals surface area contributed by atoms with Gasteiger partial charge in [-0.15, -0.1) is 0 Å². The van der Waals surface area contributed by atoms with Crippen molar-refractivity contribution in [3.8, 4) is 0 Å². The molecular weight excluding hydrogens is 368 g/mol. The smallest absolute Gasteiger partial charge is 0.296 e. The van der Waals surface area contributed by atoms with Crippen LogP contribution in [0.4, 0.5) is 0 Å². The number of aryl methyl sites for hydroxylation is 1. The number of hydrogen-bond donors (Lipinski definition) is 0. The predicted molar refractivity (Wildman–Crippen MR) is 107 cm³/mol. The standard InChI is InChI=1S/C19H34O5SSi/c1-16-8-10-18(11-9-16)25(20,21)23-14-12-17(22-5)13-15-24-26(6,7)19(2,3)4/h8-11,17H,12-15H2,1-7H3/t17-/m1/s1. The topological polar surface area (TPSA) is 61.8 Å². The quantitative estimate of drug-likeness (QED) is 0.425. The average molecular weight is 403 g/mol. The lowest BCUT2D eigenvalue weighted by molar-refractivity contribution is 0.0620. The molecule has 5 nitrogen and oxygen atoms in total. The van der Waals surface area contributed by atoms with Crippen molar-refractivity contribution >= 4 is 18.4 Å². The summed E-state index contributed by atoms with van der Waals surface area (Å²) in [6.07, 6.45) is 1.13. The Morgan fingerprint density at radius 3 is 2.08 bits per heavy atom. The van der Waals surface area contributed by atoms with E-state index in [1.54, 1.807) is 31.4 Å². The molecule has 0 saturated heterocycles. The number of rotatable bonds is 10. The molecule has 0 radical (unpaired) electrons. The fourth-order valence-electron chi connectivity index (χ4n) is 2.10. The van der Waals surface area contributed by atoms with Crippen molar-refractivity contribution in [1.82, 2.24) is 0 Å². The number of hydrogen-bond acceptors (Lipinski definition) is 5. The van der Waals surface area contributed by atoms with Crippen molar-refractivity contribution in [2.45, 2.75) is 69.7 Å². The third-order valence-corrected chi connectivity index (χ3v) is 10.9. The molecule has 0 unspecified atom stereocenters. The van der Waals surface area contributed by atoms with Gasteiger partial charge in [0, 0.05) is 13.7 Å². The van der Waals surface area contributed by atoms with Gasteiger partial charge in [0.2, 0.25) is 0 Å². The van der Waals surface area contributed by atoms with Gasteiger partial charge in [-0.25, -0.2) is 0 Å². The monoisotopic (exact) mass is 402 g/mol. The van der Waals surface area contributed by atoms with Crippen molar-refractivity contribution in [3.63, 3.8) is 0 Å². The molecule has 1 aromatic rings. The van der Waals surface area contributed by atoms with Gasteiger partial charge in [-0.3, -0.25) is 4.18 Å². The molecule has 0 aromatic heterocycles. The van der Waals surface area contributed by atoms with Crippen LogP contribution in [-0.4, -0.2) is 43.2 Å². The average Bonchev–Trinajstić information content (AvgIpc) is 2.52. The minimum absolute atomic E-state index is 0.0898. The zero-order valence-electron chi connectivity index (χ0n) is 17.2. The summed E-state index contributed by atoms with van der Waals surface area (Å²) in [6.45, 7) is 13.7. The van der Waals surface area contributed by atoms with E-state index >= 15 is 0 Å². The molecule has 0 saturated carbocycles. The summed E-state index contributed by atoms with van der Waals surface area (Å²) in [4.78, 5) is 0.179. The van der Waals surface area contributed by atoms with E-state index in [1.807, 2.05) is 6.92 Å². The molecule has 0 heterocycles. The SMILES string of the molecule is CO[C@@H](CCO[Si](C)(C)C(C)(C)C)CCOS(=O)(=O)c1ccc(C)cc1. The molecule has 26 heavy (non-hydrogen) atoms. The third kappa shape index (κ3) is 7.11. The van der Waals surface area contributed by atoms with Gasteiger partial charge in [-0.1, -0.05) is 38.5 Å². The van der Waals surface area contributed by atoms with Crippen LogP contribution >= 0.6 is 0 Å². The molecule has 1 atom stereocenters. The van der Waals surface area contributed by atoms with Crippen LogP contribution in [0.5, 0.6) is 0 Å². The van der Waals surface area contributed by atoms with Gasteiger partial charge in [0.05, 0.1) is 17.6 Å². The van der Waals surface area contributed by atoms with E-state index in [1.165, 1.54) is 0 Å². The largest absolute Gasteiger partial charge is 0.417 e. The van der Waals surface area contributed by atoms with E-state index in [4.69, 9.17) is 13.3 Å². The number of methoxy groups -OCH3 is 1. The Bertz CT molecular complexity index is 648. The van der Waals surface area contributed by atoms with Crippen molar-refractivity contribution in [1.29, 1.82) is 0 Å². The van der Waals surface area contributed by atoms with E-state index in [2.05, 4.69) is 33.9 Å². The number of benzene rings is 1. The lowest BCUT2D eigenvalue weighted by Crippen LogP contribution is -2.41. The third-order valence-electron chi connectivity index (χ3n) is 5.03. The Labute approximate surface area is 160 Å². The van der Waals surface area contributed by atoms with Crippen LogP contribution in [0.3, 0.4) is 0 Å². The summed E-state index contributed by atoms with van der Waals surface area (Å²) in [5.41, 5.74) is 1.00. The lowest BCUT2D eigenvalue weighted by Gasteiger charge is -2.36. The molecule has 1 aromatic carbocycles. The second-order valence-electron chi connectivity index (χ2n) is 8.13. The van der Waals surface area contributed by atoms with Gasteiger partial charge in [0.15, 0.2) is 8.32 Å². The van der Waals surface area contributed by atoms with Crippen LogP contribution < -0.4 is 0 Å². The summed E-state index contributed by atoms with van der Waals surface area (Å²) < 4.78 is 41.1. The molecular formula is C19H34O5SSi. The van der Waals surface area contributed by atoms with Gasteiger partial charge in [0.25, 0.3) is 10.1 Å². The summed E-state index contributed by atoms with van der Waals surface area (Å²) in [5.74, 6) is 0. The highest BCUT2D eigenvalue weighted by Crippen LogP contribution is 2.36. The van der Waals surface area contributed by atoms with Gasteiger partial charge in [0.1, 0.15) is 0 Å². The Morgan fingerprint density at radius 1 is 1.04 bits per heavy atom. The van der Waals surface area contributed by atoms with Crippen LogP contribution in [0.2, 0.25) is 18.1 Å². The first-order chi connectivity index (χ1) is 11.9. The minimum Gasteiger partial charge on any atom is -0.417 e. The maximum absolute atomic E-state index is 12.2. The molecule has 0 bridgehead atoms. The van der Waals surface area contributed by atoms with E-state index in [0.29, 0.717) is 13.0 Å². The lowest BCUT2D eigenvalue weighted by atomic mass is 10.2. The normalized spacial score (nSPS) is 14.4. The molecule has 0 amide bonds. The summed E-state index contributed by atoms with van der Waals surface area (Å²) in [5, 5.41) is 0.167. The van der Waals surface area contributed by atoms with Crippen molar-refractivity contribution in [3.05, 3.63) is 29.8 Å². The summed E-state index contributed by atoms with van der Waals surface area (Å²) >= 11 is 0. The van der Waals surface area contributed by atoms with Crippen LogP contribution in [0, 0.1) is 6.92 Å². The Balaban J connectivity index is 2.46. The molecule has 7 heteroatoms. The predicted octanol–water partition coefficient (Wildman–Crippen LogP) is 4.52. The maximum atomic E-state index is 12.2. The second kappa shape index (κ2) is 9.46. The molecule has 150 valence electrons. The molecule has 1 rings (SSSR count). The van der Waals surface area contributed by atoms with Crippen molar-refractivity contribution < 1.29 is 21.8 Å².